The summed E-state index contributed by atoms with van der Waals surface area (Å²) < 4.78 is 13.1. The highest BCUT2D eigenvalue weighted by molar-refractivity contribution is 5.53. The van der Waals surface area contributed by atoms with Gasteiger partial charge in [-0.1, -0.05) is 12.1 Å². The maximum Gasteiger partial charge on any atom is 0.205 e. The number of aromatic nitrogens is 4. The average molecular weight is 247 g/mol. The first-order valence-corrected chi connectivity index (χ1v) is 6.09. The molecule has 0 bridgehead atoms. The molecule has 5 nitrogen and oxygen atoms in total. The largest absolute Gasteiger partial charge is 0.317 e. The zero-order valence-electron chi connectivity index (χ0n) is 9.88. The predicted octanol–water partition coefficient (Wildman–Crippen LogP) is 1.40. The van der Waals surface area contributed by atoms with Crippen LogP contribution in [0.1, 0.15) is 18.9 Å². The zero-order valence-corrected chi connectivity index (χ0v) is 9.88. The third-order valence-electron chi connectivity index (χ3n) is 3.15. The first-order valence-electron chi connectivity index (χ1n) is 6.09. The molecule has 0 amide bonds. The van der Waals surface area contributed by atoms with E-state index in [1.807, 2.05) is 0 Å². The average Bonchev–Trinajstić information content (AvgIpc) is 2.89. The smallest absolute Gasteiger partial charge is 0.205 e. The van der Waals surface area contributed by atoms with E-state index >= 15 is 0 Å². The van der Waals surface area contributed by atoms with Crippen LogP contribution in [0.2, 0.25) is 0 Å². The maximum absolute atomic E-state index is 13.1. The molecule has 1 aromatic carbocycles. The number of halogens is 1. The number of benzene rings is 1. The van der Waals surface area contributed by atoms with Crippen LogP contribution in [0.5, 0.6) is 0 Å². The normalized spacial score (nSPS) is 16.9. The highest BCUT2D eigenvalue weighted by Crippen LogP contribution is 2.19. The first kappa shape index (κ1) is 11.3. The van der Waals surface area contributed by atoms with E-state index in [1.165, 1.54) is 12.1 Å². The number of rotatable bonds is 2. The fraction of sp³-hybridized carbons (Fsp3) is 0.417. The molecule has 0 unspecified atom stereocenters. The summed E-state index contributed by atoms with van der Waals surface area (Å²) in [7, 11) is 0. The second kappa shape index (κ2) is 4.81. The summed E-state index contributed by atoms with van der Waals surface area (Å²) in [5, 5.41) is 15.7. The monoisotopic (exact) mass is 247 g/mol. The lowest BCUT2D eigenvalue weighted by Crippen LogP contribution is -2.30. The van der Waals surface area contributed by atoms with Gasteiger partial charge in [0.1, 0.15) is 5.82 Å². The lowest BCUT2D eigenvalue weighted by molar-refractivity contribution is 0.309. The van der Waals surface area contributed by atoms with Gasteiger partial charge in [0.2, 0.25) is 5.82 Å². The van der Waals surface area contributed by atoms with Crippen molar-refractivity contribution < 1.29 is 4.39 Å². The van der Waals surface area contributed by atoms with Gasteiger partial charge in [-0.2, -0.15) is 4.80 Å². The van der Waals surface area contributed by atoms with E-state index in [0.717, 1.165) is 25.9 Å². The van der Waals surface area contributed by atoms with Crippen LogP contribution in [0.4, 0.5) is 4.39 Å². The molecule has 3 rings (SSSR count). The van der Waals surface area contributed by atoms with Gasteiger partial charge in [0, 0.05) is 5.56 Å². The van der Waals surface area contributed by atoms with Crippen LogP contribution in [-0.4, -0.2) is 33.3 Å². The number of nitrogens with one attached hydrogen (secondary N) is 1. The summed E-state index contributed by atoms with van der Waals surface area (Å²) in [6, 6.07) is 6.55. The zero-order chi connectivity index (χ0) is 12.4. The quantitative estimate of drug-likeness (QED) is 0.871. The maximum atomic E-state index is 13.1. The van der Waals surface area contributed by atoms with Crippen molar-refractivity contribution in [3.8, 4) is 11.4 Å². The van der Waals surface area contributed by atoms with E-state index in [-0.39, 0.29) is 5.82 Å². The minimum Gasteiger partial charge on any atom is -0.317 e. The van der Waals surface area contributed by atoms with Gasteiger partial charge >= 0.3 is 0 Å². The Kier molecular flexibility index (Phi) is 3.02. The summed E-state index contributed by atoms with van der Waals surface area (Å²) >= 11 is 0. The fourth-order valence-electron chi connectivity index (χ4n) is 2.16. The first-order chi connectivity index (χ1) is 8.83. The van der Waals surface area contributed by atoms with Gasteiger partial charge in [-0.25, -0.2) is 4.39 Å². The Morgan fingerprint density at radius 2 is 2.11 bits per heavy atom. The van der Waals surface area contributed by atoms with Crippen molar-refractivity contribution in [3.05, 3.63) is 30.1 Å². The summed E-state index contributed by atoms with van der Waals surface area (Å²) in [6.07, 6.45) is 2.00. The van der Waals surface area contributed by atoms with Crippen molar-refractivity contribution in [2.45, 2.75) is 18.9 Å². The van der Waals surface area contributed by atoms with Crippen molar-refractivity contribution in [2.75, 3.05) is 13.1 Å². The third kappa shape index (κ3) is 2.24. The molecule has 1 aliphatic heterocycles. The second-order valence-corrected chi connectivity index (χ2v) is 4.42. The minimum atomic E-state index is -0.286. The molecule has 0 spiro atoms. The van der Waals surface area contributed by atoms with E-state index < -0.39 is 0 Å². The van der Waals surface area contributed by atoms with Gasteiger partial charge in [-0.3, -0.25) is 0 Å². The summed E-state index contributed by atoms with van der Waals surface area (Å²) in [5.74, 6) is 0.193. The number of hydrogen-bond donors (Lipinski definition) is 1. The van der Waals surface area contributed by atoms with Crippen LogP contribution < -0.4 is 5.32 Å². The Hall–Kier alpha value is -1.82. The Morgan fingerprint density at radius 1 is 1.28 bits per heavy atom. The van der Waals surface area contributed by atoms with Crippen molar-refractivity contribution in [1.29, 1.82) is 0 Å². The lowest BCUT2D eigenvalue weighted by Gasteiger charge is -2.20. The lowest BCUT2D eigenvalue weighted by atomic mass is 10.1. The molecule has 94 valence electrons. The molecular weight excluding hydrogens is 233 g/mol. The van der Waals surface area contributed by atoms with Crippen LogP contribution in [0, 0.1) is 5.82 Å². The van der Waals surface area contributed by atoms with Crippen LogP contribution in [0.3, 0.4) is 0 Å². The molecule has 18 heavy (non-hydrogen) atoms. The van der Waals surface area contributed by atoms with Crippen molar-refractivity contribution >= 4 is 0 Å². The molecule has 1 fully saturated rings. The SMILES string of the molecule is Fc1cccc(-c2nnn(C3CCNCC3)n2)c1. The summed E-state index contributed by atoms with van der Waals surface area (Å²) in [4.78, 5) is 1.65. The Bertz CT molecular complexity index is 533. The van der Waals surface area contributed by atoms with E-state index in [2.05, 4.69) is 20.7 Å². The summed E-state index contributed by atoms with van der Waals surface area (Å²) in [5.41, 5.74) is 0.662. The molecule has 1 N–H and O–H groups in total. The fourth-order valence-corrected chi connectivity index (χ4v) is 2.16. The van der Waals surface area contributed by atoms with Crippen LogP contribution in [0.25, 0.3) is 11.4 Å². The Balaban J connectivity index is 1.84. The van der Waals surface area contributed by atoms with Crippen LogP contribution in [0.15, 0.2) is 24.3 Å². The highest BCUT2D eigenvalue weighted by atomic mass is 19.1. The van der Waals surface area contributed by atoms with Gasteiger partial charge in [-0.15, -0.1) is 10.2 Å². The Morgan fingerprint density at radius 3 is 2.89 bits per heavy atom. The van der Waals surface area contributed by atoms with Gasteiger partial charge in [-0.05, 0) is 43.3 Å². The van der Waals surface area contributed by atoms with E-state index in [4.69, 9.17) is 0 Å². The molecule has 0 atom stereocenters. The van der Waals surface area contributed by atoms with Crippen molar-refractivity contribution in [2.24, 2.45) is 0 Å². The standard InChI is InChI=1S/C12H14FN5/c13-10-3-1-2-9(8-10)12-15-17-18(16-12)11-4-6-14-7-5-11/h1-3,8,11,14H,4-7H2. The van der Waals surface area contributed by atoms with Gasteiger partial charge in [0.05, 0.1) is 6.04 Å². The second-order valence-electron chi connectivity index (χ2n) is 4.42. The van der Waals surface area contributed by atoms with Crippen LogP contribution >= 0.6 is 0 Å². The molecule has 1 saturated heterocycles. The number of hydrogen-bond acceptors (Lipinski definition) is 4. The Labute approximate surface area is 104 Å². The number of piperidine rings is 1. The molecule has 2 heterocycles. The molecular formula is C12H14FN5. The van der Waals surface area contributed by atoms with Crippen LogP contribution in [-0.2, 0) is 0 Å². The van der Waals surface area contributed by atoms with Crippen molar-refractivity contribution in [1.82, 2.24) is 25.5 Å². The van der Waals surface area contributed by atoms with E-state index in [1.54, 1.807) is 16.9 Å². The van der Waals surface area contributed by atoms with E-state index in [0.29, 0.717) is 17.4 Å². The molecule has 6 heteroatoms. The predicted molar refractivity (Wildman–Crippen MR) is 64.4 cm³/mol. The van der Waals surface area contributed by atoms with E-state index in [9.17, 15) is 4.39 Å². The molecule has 0 aliphatic carbocycles. The molecule has 2 aromatic rings. The molecule has 0 radical (unpaired) electrons. The number of tetrazole rings is 1. The van der Waals surface area contributed by atoms with Gasteiger partial charge < -0.3 is 5.32 Å². The van der Waals surface area contributed by atoms with Gasteiger partial charge in [0.25, 0.3) is 0 Å². The van der Waals surface area contributed by atoms with Crippen molar-refractivity contribution in [3.63, 3.8) is 0 Å². The molecule has 1 aliphatic rings. The summed E-state index contributed by atoms with van der Waals surface area (Å²) in [6.45, 7) is 1.95. The number of nitrogens with zero attached hydrogens (tertiary/aromatic N) is 4. The third-order valence-corrected chi connectivity index (χ3v) is 3.15. The van der Waals surface area contributed by atoms with Gasteiger partial charge in [0.15, 0.2) is 0 Å². The topological polar surface area (TPSA) is 55.6 Å². The molecule has 0 saturated carbocycles. The molecule has 1 aromatic heterocycles. The highest BCUT2D eigenvalue weighted by Gasteiger charge is 2.18. The minimum absolute atomic E-state index is 0.286.